The molecule has 2 heterocycles. The lowest BCUT2D eigenvalue weighted by Gasteiger charge is -2.35. The van der Waals surface area contributed by atoms with Crippen molar-refractivity contribution in [3.63, 3.8) is 0 Å². The van der Waals surface area contributed by atoms with E-state index < -0.39 is 11.6 Å². The van der Waals surface area contributed by atoms with Gasteiger partial charge in [-0.25, -0.2) is 18.7 Å². The molecule has 0 saturated carbocycles. The molecular weight excluding hydrogens is 546 g/mol. The Labute approximate surface area is 235 Å². The maximum Gasteiger partial charge on any atom is 0.246 e. The van der Waals surface area contributed by atoms with Gasteiger partial charge in [0.2, 0.25) is 5.91 Å². The zero-order valence-corrected chi connectivity index (χ0v) is 22.5. The van der Waals surface area contributed by atoms with Gasteiger partial charge in [-0.3, -0.25) is 4.79 Å². The van der Waals surface area contributed by atoms with E-state index in [1.165, 1.54) is 36.7 Å². The predicted molar refractivity (Wildman–Crippen MR) is 147 cm³/mol. The number of hydrogen-bond acceptors (Lipinski definition) is 8. The lowest BCUT2D eigenvalue weighted by Crippen LogP contribution is -2.48. The minimum Gasteiger partial charge on any atom is -0.490 e. The Kier molecular flexibility index (Phi) is 10.3. The molecule has 0 bridgehead atoms. The lowest BCUT2D eigenvalue weighted by atomic mass is 10.0. The Bertz CT molecular complexity index is 1370. The monoisotopic (exact) mass is 574 g/mol. The van der Waals surface area contributed by atoms with Crippen LogP contribution in [0.25, 0.3) is 22.0 Å². The molecule has 0 atom stereocenters. The van der Waals surface area contributed by atoms with Gasteiger partial charge in [0.05, 0.1) is 37.0 Å². The number of carbonyl (C=O) groups is 2. The van der Waals surface area contributed by atoms with Gasteiger partial charge in [0.1, 0.15) is 42.1 Å². The molecule has 0 spiro atoms. The third kappa shape index (κ3) is 6.72. The largest absolute Gasteiger partial charge is 0.490 e. The zero-order valence-electron chi connectivity index (χ0n) is 21.8. The molecule has 0 unspecified atom stereocenters. The summed E-state index contributed by atoms with van der Waals surface area (Å²) in [6.07, 6.45) is 3.62. The minimum absolute atomic E-state index is 0.0129. The zero-order chi connectivity index (χ0) is 28.5. The number of anilines is 1. The summed E-state index contributed by atoms with van der Waals surface area (Å²) in [4.78, 5) is 34.3. The van der Waals surface area contributed by atoms with Crippen LogP contribution in [0.3, 0.4) is 0 Å². The molecule has 2 aromatic carbocycles. The molecule has 1 aromatic heterocycles. The predicted octanol–water partition coefficient (Wildman–Crippen LogP) is 4.06. The van der Waals surface area contributed by atoms with Crippen LogP contribution in [0.5, 0.6) is 5.75 Å². The van der Waals surface area contributed by atoms with Crippen LogP contribution in [0.1, 0.15) is 6.42 Å². The van der Waals surface area contributed by atoms with Crippen LogP contribution < -0.4 is 9.64 Å². The second-order valence-electron chi connectivity index (χ2n) is 8.80. The van der Waals surface area contributed by atoms with Gasteiger partial charge in [0.25, 0.3) is 0 Å². The SMILES string of the molecule is C=CC(=O)N1CCN(c2ncnc3c(F)c(-c4c(F)cccc4OCCOCCOCCC=O)c(Cl)cc23)CC1. The molecule has 4 rings (SSSR count). The van der Waals surface area contributed by atoms with Crippen molar-refractivity contribution in [2.24, 2.45) is 0 Å². The van der Waals surface area contributed by atoms with E-state index in [-0.39, 0.29) is 46.5 Å². The van der Waals surface area contributed by atoms with E-state index in [1.54, 1.807) is 4.90 Å². The van der Waals surface area contributed by atoms with E-state index in [0.717, 1.165) is 6.29 Å². The number of aldehydes is 1. The molecule has 0 radical (unpaired) electrons. The second-order valence-corrected chi connectivity index (χ2v) is 9.21. The summed E-state index contributed by atoms with van der Waals surface area (Å²) in [5.74, 6) is -1.09. The first-order chi connectivity index (χ1) is 19.5. The molecule has 1 fully saturated rings. The van der Waals surface area contributed by atoms with Crippen LogP contribution in [-0.4, -0.2) is 86.3 Å². The summed E-state index contributed by atoms with van der Waals surface area (Å²) in [6.45, 7) is 6.59. The summed E-state index contributed by atoms with van der Waals surface area (Å²) in [5.41, 5.74) is -0.306. The molecule has 0 aliphatic carbocycles. The van der Waals surface area contributed by atoms with Crippen LogP contribution in [0, 0.1) is 11.6 Å². The van der Waals surface area contributed by atoms with Crippen molar-refractivity contribution in [2.45, 2.75) is 6.42 Å². The van der Waals surface area contributed by atoms with Crippen LogP contribution in [0.2, 0.25) is 5.02 Å². The minimum atomic E-state index is -0.801. The van der Waals surface area contributed by atoms with E-state index in [0.29, 0.717) is 63.6 Å². The highest BCUT2D eigenvalue weighted by molar-refractivity contribution is 6.34. The Hall–Kier alpha value is -3.67. The standard InChI is InChI=1S/C28H29ClF2N4O5/c1-2-23(37)34-7-9-35(10-8-34)28-19-17-20(29)24(26(31)27(19)32-18-33-28)25-21(30)5-3-6-22(25)40-16-15-39-14-13-38-12-4-11-36/h2-3,5-6,11,17-18H,1,4,7-10,12-16H2. The normalized spacial score (nSPS) is 13.5. The van der Waals surface area contributed by atoms with Gasteiger partial charge in [-0.15, -0.1) is 0 Å². The summed E-state index contributed by atoms with van der Waals surface area (Å²) in [5, 5.41) is 0.347. The van der Waals surface area contributed by atoms with Crippen molar-refractivity contribution in [1.29, 1.82) is 0 Å². The van der Waals surface area contributed by atoms with E-state index >= 15 is 8.78 Å². The van der Waals surface area contributed by atoms with Crippen molar-refractivity contribution in [3.8, 4) is 16.9 Å². The third-order valence-electron chi connectivity index (χ3n) is 6.33. The first kappa shape index (κ1) is 29.3. The average Bonchev–Trinajstić information content (AvgIpc) is 2.97. The topological polar surface area (TPSA) is 94.1 Å². The number of fused-ring (bicyclic) bond motifs is 1. The van der Waals surface area contributed by atoms with Gasteiger partial charge in [0, 0.05) is 43.5 Å². The average molecular weight is 575 g/mol. The number of ether oxygens (including phenoxy) is 3. The summed E-state index contributed by atoms with van der Waals surface area (Å²) in [7, 11) is 0. The molecule has 1 saturated heterocycles. The molecule has 212 valence electrons. The van der Waals surface area contributed by atoms with Crippen LogP contribution >= 0.6 is 11.6 Å². The molecule has 12 heteroatoms. The van der Waals surface area contributed by atoms with E-state index in [2.05, 4.69) is 16.5 Å². The highest BCUT2D eigenvalue weighted by Crippen LogP contribution is 2.42. The highest BCUT2D eigenvalue weighted by atomic mass is 35.5. The van der Waals surface area contributed by atoms with Crippen molar-refractivity contribution in [3.05, 3.63) is 59.9 Å². The molecule has 3 aromatic rings. The van der Waals surface area contributed by atoms with Gasteiger partial charge in [0.15, 0.2) is 5.82 Å². The van der Waals surface area contributed by atoms with Crippen molar-refractivity contribution >= 4 is 40.5 Å². The van der Waals surface area contributed by atoms with E-state index in [4.69, 9.17) is 25.8 Å². The van der Waals surface area contributed by atoms with Crippen LogP contribution in [-0.2, 0) is 19.1 Å². The lowest BCUT2D eigenvalue weighted by molar-refractivity contribution is -0.126. The molecule has 1 amide bonds. The smallest absolute Gasteiger partial charge is 0.246 e. The third-order valence-corrected chi connectivity index (χ3v) is 6.63. The molecule has 1 aliphatic rings. The number of piperazine rings is 1. The maximum absolute atomic E-state index is 16.0. The summed E-state index contributed by atoms with van der Waals surface area (Å²) >= 11 is 6.58. The number of aromatic nitrogens is 2. The fraction of sp³-hybridized carbons (Fsp3) is 0.357. The van der Waals surface area contributed by atoms with Crippen molar-refractivity contribution in [2.75, 3.05) is 64.1 Å². The maximum atomic E-state index is 16.0. The first-order valence-corrected chi connectivity index (χ1v) is 13.1. The number of benzene rings is 2. The van der Waals surface area contributed by atoms with Gasteiger partial charge < -0.3 is 28.8 Å². The Morgan fingerprint density at radius 2 is 1.75 bits per heavy atom. The molecular formula is C28H29ClF2N4O5. The molecule has 1 aliphatic heterocycles. The van der Waals surface area contributed by atoms with E-state index in [9.17, 15) is 9.59 Å². The van der Waals surface area contributed by atoms with Crippen LogP contribution in [0.4, 0.5) is 14.6 Å². The highest BCUT2D eigenvalue weighted by Gasteiger charge is 2.26. The van der Waals surface area contributed by atoms with Gasteiger partial charge in [-0.05, 0) is 24.3 Å². The second kappa shape index (κ2) is 14.1. The fourth-order valence-corrected chi connectivity index (χ4v) is 4.68. The quantitative estimate of drug-likeness (QED) is 0.171. The van der Waals surface area contributed by atoms with Crippen molar-refractivity contribution in [1.82, 2.24) is 14.9 Å². The van der Waals surface area contributed by atoms with Crippen molar-refractivity contribution < 1.29 is 32.6 Å². The van der Waals surface area contributed by atoms with Gasteiger partial charge in [-0.1, -0.05) is 24.2 Å². The van der Waals surface area contributed by atoms with Crippen LogP contribution in [0.15, 0.2) is 43.2 Å². The molecule has 0 N–H and O–H groups in total. The molecule has 40 heavy (non-hydrogen) atoms. The Morgan fingerprint density at radius 1 is 1.02 bits per heavy atom. The number of carbonyl (C=O) groups excluding carboxylic acids is 2. The molecule has 9 nitrogen and oxygen atoms in total. The van der Waals surface area contributed by atoms with E-state index in [1.807, 2.05) is 4.90 Å². The number of halogens is 3. The number of amides is 1. The Morgan fingerprint density at radius 3 is 2.48 bits per heavy atom. The Balaban J connectivity index is 1.54. The summed E-state index contributed by atoms with van der Waals surface area (Å²) in [6, 6.07) is 5.71. The first-order valence-electron chi connectivity index (χ1n) is 12.8. The fourth-order valence-electron chi connectivity index (χ4n) is 4.40. The van der Waals surface area contributed by atoms with Gasteiger partial charge >= 0.3 is 0 Å². The van der Waals surface area contributed by atoms with Gasteiger partial charge in [-0.2, -0.15) is 0 Å². The number of hydrogen-bond donors (Lipinski definition) is 0. The number of rotatable bonds is 13. The number of nitrogens with zero attached hydrogens (tertiary/aromatic N) is 4. The summed E-state index contributed by atoms with van der Waals surface area (Å²) < 4.78 is 47.5.